The van der Waals surface area contributed by atoms with Crippen LogP contribution in [0.25, 0.3) is 0 Å². The Hall–Kier alpha value is -3.21. The number of aryl methyl sites for hydroxylation is 2. The molecule has 0 N–H and O–H groups in total. The quantitative estimate of drug-likeness (QED) is 0.240. The second-order valence-electron chi connectivity index (χ2n) is 6.14. The highest BCUT2D eigenvalue weighted by atomic mass is 32.2. The number of hydrogen-bond donors (Lipinski definition) is 0. The minimum absolute atomic E-state index is 0.0387. The summed E-state index contributed by atoms with van der Waals surface area (Å²) in [4.78, 5) is 10.7. The zero-order valence-corrected chi connectivity index (χ0v) is 17.4. The van der Waals surface area contributed by atoms with Crippen molar-refractivity contribution in [1.29, 1.82) is 0 Å². The van der Waals surface area contributed by atoms with Gasteiger partial charge in [0.1, 0.15) is 17.1 Å². The van der Waals surface area contributed by atoms with Crippen LogP contribution in [0.3, 0.4) is 0 Å². The highest BCUT2D eigenvalue weighted by Crippen LogP contribution is 2.25. The van der Waals surface area contributed by atoms with E-state index >= 15 is 0 Å². The molecule has 0 aliphatic rings. The summed E-state index contributed by atoms with van der Waals surface area (Å²) in [5, 5.41) is 28.7. The Bertz CT molecular complexity index is 1040. The maximum absolute atomic E-state index is 11.2. The fourth-order valence-corrected chi connectivity index (χ4v) is 3.59. The van der Waals surface area contributed by atoms with Crippen molar-refractivity contribution in [2.24, 2.45) is 5.10 Å². The Morgan fingerprint density at radius 2 is 1.97 bits per heavy atom. The SMILES string of the molecule is CCOc1ccc(/C=N/n2c(C)nnc2SCn2nc(C)c([N+](=O)[O-])c2C)cc1. The van der Waals surface area contributed by atoms with Crippen LogP contribution in [0.15, 0.2) is 34.5 Å². The van der Waals surface area contributed by atoms with Crippen LogP contribution in [0, 0.1) is 30.9 Å². The lowest BCUT2D eigenvalue weighted by atomic mass is 10.2. The van der Waals surface area contributed by atoms with Gasteiger partial charge in [0.25, 0.3) is 0 Å². The lowest BCUT2D eigenvalue weighted by Crippen LogP contribution is -2.02. The normalized spacial score (nSPS) is 11.3. The molecule has 10 nitrogen and oxygen atoms in total. The Balaban J connectivity index is 1.74. The monoisotopic (exact) mass is 415 g/mol. The molecule has 152 valence electrons. The first kappa shape index (κ1) is 20.5. The lowest BCUT2D eigenvalue weighted by Gasteiger charge is -2.04. The van der Waals surface area contributed by atoms with Gasteiger partial charge in [0, 0.05) is 0 Å². The van der Waals surface area contributed by atoms with Crippen molar-refractivity contribution in [2.45, 2.75) is 38.7 Å². The largest absolute Gasteiger partial charge is 0.494 e. The minimum atomic E-state index is -0.410. The van der Waals surface area contributed by atoms with E-state index in [-0.39, 0.29) is 5.69 Å². The summed E-state index contributed by atoms with van der Waals surface area (Å²) in [7, 11) is 0. The second-order valence-corrected chi connectivity index (χ2v) is 7.05. The number of benzene rings is 1. The van der Waals surface area contributed by atoms with E-state index in [1.165, 1.54) is 11.8 Å². The van der Waals surface area contributed by atoms with Crippen LogP contribution >= 0.6 is 11.8 Å². The number of thioether (sulfide) groups is 1. The molecule has 0 aliphatic heterocycles. The number of ether oxygens (including phenoxy) is 1. The molecule has 0 saturated heterocycles. The molecule has 0 amide bonds. The molecule has 0 spiro atoms. The lowest BCUT2D eigenvalue weighted by molar-refractivity contribution is -0.386. The number of rotatable bonds is 8. The smallest absolute Gasteiger partial charge is 0.312 e. The molecule has 29 heavy (non-hydrogen) atoms. The summed E-state index contributed by atoms with van der Waals surface area (Å²) < 4.78 is 8.65. The Kier molecular flexibility index (Phi) is 6.27. The summed E-state index contributed by atoms with van der Waals surface area (Å²) in [6.45, 7) is 7.67. The van der Waals surface area contributed by atoms with E-state index in [2.05, 4.69) is 20.4 Å². The molecule has 0 unspecified atom stereocenters. The average Bonchev–Trinajstić information content (AvgIpc) is 3.18. The second kappa shape index (κ2) is 8.86. The van der Waals surface area contributed by atoms with Gasteiger partial charge in [0.2, 0.25) is 5.16 Å². The number of nitrogens with zero attached hydrogens (tertiary/aromatic N) is 7. The molecule has 0 bridgehead atoms. The molecule has 3 rings (SSSR count). The first-order chi connectivity index (χ1) is 13.9. The summed E-state index contributed by atoms with van der Waals surface area (Å²) in [5.41, 5.74) is 1.84. The van der Waals surface area contributed by atoms with Crippen molar-refractivity contribution in [3.8, 4) is 5.75 Å². The molecule has 0 radical (unpaired) electrons. The first-order valence-corrected chi connectivity index (χ1v) is 9.89. The van der Waals surface area contributed by atoms with Crippen LogP contribution in [0.5, 0.6) is 5.75 Å². The first-order valence-electron chi connectivity index (χ1n) is 8.91. The third-order valence-corrected chi connectivity index (χ3v) is 5.01. The third kappa shape index (κ3) is 4.62. The van der Waals surface area contributed by atoms with Gasteiger partial charge >= 0.3 is 5.69 Å². The summed E-state index contributed by atoms with van der Waals surface area (Å²) in [5.74, 6) is 1.80. The molecule has 1 aromatic carbocycles. The van der Waals surface area contributed by atoms with Crippen molar-refractivity contribution in [3.63, 3.8) is 0 Å². The van der Waals surface area contributed by atoms with Gasteiger partial charge < -0.3 is 4.74 Å². The molecular formula is C18H21N7O3S. The van der Waals surface area contributed by atoms with Crippen LogP contribution in [-0.4, -0.2) is 42.4 Å². The van der Waals surface area contributed by atoms with Crippen LogP contribution < -0.4 is 4.74 Å². The van der Waals surface area contributed by atoms with Gasteiger partial charge in [-0.15, -0.1) is 10.2 Å². The van der Waals surface area contributed by atoms with E-state index in [1.807, 2.05) is 31.2 Å². The molecule has 11 heteroatoms. The highest BCUT2D eigenvalue weighted by molar-refractivity contribution is 7.98. The summed E-state index contributed by atoms with van der Waals surface area (Å²) >= 11 is 1.35. The van der Waals surface area contributed by atoms with Crippen molar-refractivity contribution in [3.05, 3.63) is 57.2 Å². The molecule has 0 saturated carbocycles. The molecule has 2 heterocycles. The maximum atomic E-state index is 11.2. The third-order valence-electron chi connectivity index (χ3n) is 4.12. The molecular weight excluding hydrogens is 394 g/mol. The topological polar surface area (TPSA) is 113 Å². The van der Waals surface area contributed by atoms with E-state index in [0.29, 0.717) is 34.9 Å². The van der Waals surface area contributed by atoms with Crippen LogP contribution in [-0.2, 0) is 5.88 Å². The molecule has 0 aliphatic carbocycles. The predicted molar refractivity (Wildman–Crippen MR) is 110 cm³/mol. The fraction of sp³-hybridized carbons (Fsp3) is 0.333. The molecule has 2 aromatic heterocycles. The van der Waals surface area contributed by atoms with Gasteiger partial charge in [-0.05, 0) is 57.5 Å². The van der Waals surface area contributed by atoms with E-state index in [1.54, 1.807) is 36.3 Å². The minimum Gasteiger partial charge on any atom is -0.494 e. The van der Waals surface area contributed by atoms with Gasteiger partial charge in [-0.25, -0.2) is 0 Å². The van der Waals surface area contributed by atoms with Gasteiger partial charge in [-0.2, -0.15) is 14.9 Å². The summed E-state index contributed by atoms with van der Waals surface area (Å²) in [6.07, 6.45) is 1.71. The Morgan fingerprint density at radius 3 is 2.59 bits per heavy atom. The summed E-state index contributed by atoms with van der Waals surface area (Å²) in [6, 6.07) is 7.59. The van der Waals surface area contributed by atoms with Crippen molar-refractivity contribution in [2.75, 3.05) is 6.61 Å². The predicted octanol–water partition coefficient (Wildman–Crippen LogP) is 3.34. The van der Waals surface area contributed by atoms with E-state index in [4.69, 9.17) is 4.74 Å². The van der Waals surface area contributed by atoms with Crippen molar-refractivity contribution >= 4 is 23.7 Å². The molecule has 0 fully saturated rings. The van der Waals surface area contributed by atoms with E-state index in [0.717, 1.165) is 11.3 Å². The van der Waals surface area contributed by atoms with Crippen LogP contribution in [0.4, 0.5) is 5.69 Å². The van der Waals surface area contributed by atoms with Gasteiger partial charge in [0.05, 0.1) is 23.6 Å². The fourth-order valence-electron chi connectivity index (χ4n) is 2.70. The van der Waals surface area contributed by atoms with Gasteiger partial charge in [-0.3, -0.25) is 14.8 Å². The zero-order valence-electron chi connectivity index (χ0n) is 16.6. The number of nitro groups is 1. The maximum Gasteiger partial charge on any atom is 0.312 e. The van der Waals surface area contributed by atoms with Crippen molar-refractivity contribution in [1.82, 2.24) is 24.7 Å². The van der Waals surface area contributed by atoms with Gasteiger partial charge in [-0.1, -0.05) is 11.8 Å². The zero-order chi connectivity index (χ0) is 21.0. The standard InChI is InChI=1S/C18H21N7O3S/c1-5-28-16-8-6-15(7-9-16)10-19-24-14(4)20-21-18(24)29-11-23-13(3)17(25(26)27)12(2)22-23/h6-10H,5,11H2,1-4H3/b19-10+. The van der Waals surface area contributed by atoms with Crippen LogP contribution in [0.1, 0.15) is 29.7 Å². The number of aromatic nitrogens is 5. The molecule has 0 atom stereocenters. The van der Waals surface area contributed by atoms with E-state index < -0.39 is 4.92 Å². The molecule has 3 aromatic rings. The highest BCUT2D eigenvalue weighted by Gasteiger charge is 2.22. The van der Waals surface area contributed by atoms with Crippen molar-refractivity contribution < 1.29 is 9.66 Å². The number of hydrogen-bond acceptors (Lipinski definition) is 8. The van der Waals surface area contributed by atoms with Gasteiger partial charge in [0.15, 0.2) is 5.82 Å². The Labute approximate surface area is 171 Å². The average molecular weight is 415 g/mol. The Morgan fingerprint density at radius 1 is 1.24 bits per heavy atom. The van der Waals surface area contributed by atoms with E-state index in [9.17, 15) is 10.1 Å². The van der Waals surface area contributed by atoms with Crippen LogP contribution in [0.2, 0.25) is 0 Å².